The second kappa shape index (κ2) is 6.29. The van der Waals surface area contributed by atoms with Gasteiger partial charge >= 0.3 is 0 Å². The van der Waals surface area contributed by atoms with Gasteiger partial charge in [-0.2, -0.15) is 0 Å². The van der Waals surface area contributed by atoms with E-state index in [2.05, 4.69) is 14.9 Å². The van der Waals surface area contributed by atoms with Crippen molar-refractivity contribution in [3.05, 3.63) is 18.2 Å². The lowest BCUT2D eigenvalue weighted by molar-refractivity contribution is -0.0226. The van der Waals surface area contributed by atoms with Gasteiger partial charge in [0.25, 0.3) is 0 Å². The molecule has 2 fully saturated rings. The van der Waals surface area contributed by atoms with Crippen LogP contribution < -0.4 is 4.90 Å². The van der Waals surface area contributed by atoms with Crippen molar-refractivity contribution < 1.29 is 24.5 Å². The van der Waals surface area contributed by atoms with E-state index in [-0.39, 0.29) is 6.61 Å². The molecule has 2 aromatic rings. The van der Waals surface area contributed by atoms with Crippen molar-refractivity contribution in [2.75, 3.05) is 24.6 Å². The first-order valence-electron chi connectivity index (χ1n) is 8.30. The van der Waals surface area contributed by atoms with Gasteiger partial charge in [0.15, 0.2) is 11.4 Å². The van der Waals surface area contributed by atoms with Crippen molar-refractivity contribution in [2.24, 2.45) is 0 Å². The Morgan fingerprint density at radius 1 is 1.12 bits per heavy atom. The van der Waals surface area contributed by atoms with Gasteiger partial charge in [-0.3, -0.25) is 0 Å². The summed E-state index contributed by atoms with van der Waals surface area (Å²) in [4.78, 5) is 10.8. The lowest BCUT2D eigenvalue weighted by atomic mass is 10.0. The van der Waals surface area contributed by atoms with Gasteiger partial charge in [0.05, 0.1) is 12.9 Å². The van der Waals surface area contributed by atoms with E-state index in [4.69, 9.17) is 9.15 Å². The maximum absolute atomic E-state index is 10.2. The van der Waals surface area contributed by atoms with Crippen molar-refractivity contribution in [3.8, 4) is 0 Å². The molecule has 0 unspecified atom stereocenters. The molecule has 2 aromatic heterocycles. The minimum atomic E-state index is -1.15. The summed E-state index contributed by atoms with van der Waals surface area (Å²) < 4.78 is 11.3. The van der Waals surface area contributed by atoms with E-state index in [9.17, 15) is 15.3 Å². The first-order valence-corrected chi connectivity index (χ1v) is 8.30. The molecule has 24 heavy (non-hydrogen) atoms. The lowest BCUT2D eigenvalue weighted by Crippen LogP contribution is -2.32. The van der Waals surface area contributed by atoms with E-state index in [0.717, 1.165) is 31.7 Å². The molecular formula is C16H21N3O5. The molecule has 130 valence electrons. The van der Waals surface area contributed by atoms with Crippen molar-refractivity contribution in [1.82, 2.24) is 9.97 Å². The number of nitrogens with zero attached hydrogens (tertiary/aromatic N) is 3. The molecule has 2 aliphatic heterocycles. The number of ether oxygens (including phenoxy) is 1. The van der Waals surface area contributed by atoms with E-state index in [1.165, 1.54) is 19.0 Å². The minimum absolute atomic E-state index is 0.363. The average molecular weight is 335 g/mol. The van der Waals surface area contributed by atoms with Crippen LogP contribution in [-0.2, 0) is 4.74 Å². The largest absolute Gasteiger partial charge is 0.458 e. The predicted octanol–water partition coefficient (Wildman–Crippen LogP) is 0.367. The van der Waals surface area contributed by atoms with E-state index in [1.54, 1.807) is 0 Å². The zero-order chi connectivity index (χ0) is 16.7. The maximum atomic E-state index is 10.2. The third-order valence-electron chi connectivity index (χ3n) is 4.87. The lowest BCUT2D eigenvalue weighted by Gasteiger charge is -2.27. The zero-order valence-corrected chi connectivity index (χ0v) is 13.2. The Morgan fingerprint density at radius 3 is 2.62 bits per heavy atom. The molecule has 0 radical (unpaired) electrons. The highest BCUT2D eigenvalue weighted by Gasteiger charge is 2.44. The third kappa shape index (κ3) is 2.46. The molecule has 8 nitrogen and oxygen atoms in total. The van der Waals surface area contributed by atoms with E-state index >= 15 is 0 Å². The van der Waals surface area contributed by atoms with Crippen LogP contribution in [0, 0.1) is 0 Å². The van der Waals surface area contributed by atoms with Crippen LogP contribution in [0.3, 0.4) is 0 Å². The number of hydrogen-bond donors (Lipinski definition) is 3. The van der Waals surface area contributed by atoms with E-state index in [0.29, 0.717) is 16.7 Å². The topological polar surface area (TPSA) is 112 Å². The molecule has 0 aliphatic carbocycles. The molecule has 2 saturated heterocycles. The molecule has 0 aromatic carbocycles. The molecule has 0 spiro atoms. The van der Waals surface area contributed by atoms with Gasteiger partial charge in [-0.25, -0.2) is 9.97 Å². The van der Waals surface area contributed by atoms with Crippen LogP contribution in [0.15, 0.2) is 17.0 Å². The van der Waals surface area contributed by atoms with Crippen LogP contribution in [0.5, 0.6) is 0 Å². The second-order valence-corrected chi connectivity index (χ2v) is 6.37. The smallest absolute Gasteiger partial charge is 0.195 e. The number of aromatic nitrogens is 2. The van der Waals surface area contributed by atoms with E-state index in [1.807, 2.05) is 0 Å². The molecule has 4 heterocycles. The summed E-state index contributed by atoms with van der Waals surface area (Å²) in [6.07, 6.45) is 2.53. The zero-order valence-electron chi connectivity index (χ0n) is 13.2. The van der Waals surface area contributed by atoms with Crippen LogP contribution in [0.2, 0.25) is 0 Å². The highest BCUT2D eigenvalue weighted by molar-refractivity contribution is 5.86. The van der Waals surface area contributed by atoms with Gasteiger partial charge in [-0.05, 0) is 19.3 Å². The Kier molecular flexibility index (Phi) is 4.13. The fourth-order valence-corrected chi connectivity index (χ4v) is 3.55. The standard InChI is InChI=1S/C16H21N3O5/c20-6-10-12(21)13(22)14(24-10)9-7-23-15-11(9)17-8-18-16(15)19-4-2-1-3-5-19/h7-8,10,12-14,20-22H,1-6H2/t10-,12-,13-,14+/m1/s1. The molecule has 8 heteroatoms. The SMILES string of the molecule is OC[C@H]1O[C@@H](c2coc3c(N4CCCCC4)ncnc23)[C@H](O)[C@@H]1O. The van der Waals surface area contributed by atoms with E-state index < -0.39 is 24.4 Å². The number of piperidine rings is 1. The number of furan rings is 1. The van der Waals surface area contributed by atoms with Crippen LogP contribution in [0.4, 0.5) is 5.82 Å². The molecular weight excluding hydrogens is 314 g/mol. The Morgan fingerprint density at radius 2 is 1.92 bits per heavy atom. The Hall–Kier alpha value is -1.74. The summed E-state index contributed by atoms with van der Waals surface area (Å²) in [7, 11) is 0. The van der Waals surface area contributed by atoms with Crippen molar-refractivity contribution >= 4 is 16.9 Å². The summed E-state index contributed by atoms with van der Waals surface area (Å²) >= 11 is 0. The Balaban J connectivity index is 1.71. The summed E-state index contributed by atoms with van der Waals surface area (Å²) in [5.74, 6) is 0.748. The van der Waals surface area contributed by atoms with Crippen molar-refractivity contribution in [2.45, 2.75) is 43.7 Å². The number of hydrogen-bond acceptors (Lipinski definition) is 8. The van der Waals surface area contributed by atoms with Crippen molar-refractivity contribution in [3.63, 3.8) is 0 Å². The molecule has 0 saturated carbocycles. The summed E-state index contributed by atoms with van der Waals surface area (Å²) in [6, 6.07) is 0. The number of aliphatic hydroxyl groups is 3. The monoisotopic (exact) mass is 335 g/mol. The maximum Gasteiger partial charge on any atom is 0.195 e. The third-order valence-corrected chi connectivity index (χ3v) is 4.87. The fourth-order valence-electron chi connectivity index (χ4n) is 3.55. The van der Waals surface area contributed by atoms with Crippen LogP contribution in [0.1, 0.15) is 30.9 Å². The number of fused-ring (bicyclic) bond motifs is 1. The van der Waals surface area contributed by atoms with Gasteiger partial charge in [-0.1, -0.05) is 0 Å². The number of rotatable bonds is 3. The Bertz CT molecular complexity index is 715. The fraction of sp³-hybridized carbons (Fsp3) is 0.625. The van der Waals surface area contributed by atoms with Crippen molar-refractivity contribution in [1.29, 1.82) is 0 Å². The first-order chi connectivity index (χ1) is 11.7. The predicted molar refractivity (Wildman–Crippen MR) is 84.6 cm³/mol. The number of anilines is 1. The van der Waals surface area contributed by atoms with Gasteiger partial charge < -0.3 is 29.4 Å². The average Bonchev–Trinajstić information content (AvgIpc) is 3.17. The van der Waals surface area contributed by atoms with Crippen LogP contribution in [-0.4, -0.2) is 63.3 Å². The molecule has 4 atom stereocenters. The molecule has 0 amide bonds. The molecule has 2 aliphatic rings. The molecule has 3 N–H and O–H groups in total. The van der Waals surface area contributed by atoms with Gasteiger partial charge in [0, 0.05) is 18.7 Å². The molecule has 0 bridgehead atoms. The van der Waals surface area contributed by atoms with Gasteiger partial charge in [0.1, 0.15) is 36.3 Å². The van der Waals surface area contributed by atoms with Crippen LogP contribution in [0.25, 0.3) is 11.1 Å². The highest BCUT2D eigenvalue weighted by Crippen LogP contribution is 2.39. The van der Waals surface area contributed by atoms with Crippen LogP contribution >= 0.6 is 0 Å². The Labute approximate surface area is 138 Å². The normalized spacial score (nSPS) is 31.0. The summed E-state index contributed by atoms with van der Waals surface area (Å²) in [5, 5.41) is 29.4. The first kappa shape index (κ1) is 15.8. The second-order valence-electron chi connectivity index (χ2n) is 6.37. The summed E-state index contributed by atoms with van der Waals surface area (Å²) in [6.45, 7) is 1.49. The summed E-state index contributed by atoms with van der Waals surface area (Å²) in [5.41, 5.74) is 1.70. The number of aliphatic hydroxyl groups excluding tert-OH is 3. The molecule has 4 rings (SSSR count). The van der Waals surface area contributed by atoms with Gasteiger partial charge in [-0.15, -0.1) is 0 Å². The quantitative estimate of drug-likeness (QED) is 0.737. The minimum Gasteiger partial charge on any atom is -0.458 e. The highest BCUT2D eigenvalue weighted by atomic mass is 16.6. The van der Waals surface area contributed by atoms with Gasteiger partial charge in [0.2, 0.25) is 0 Å².